The zero-order valence-corrected chi connectivity index (χ0v) is 9.67. The molecule has 1 aliphatic heterocycles. The first-order valence-electron chi connectivity index (χ1n) is 5.21. The van der Waals surface area contributed by atoms with Crippen molar-refractivity contribution in [3.8, 4) is 11.6 Å². The molecule has 2 unspecified atom stereocenters. The SMILES string of the molecule is OC1CSCC1c1nc(-c2ncccn2)no1. The molecule has 1 aliphatic rings. The summed E-state index contributed by atoms with van der Waals surface area (Å²) in [6, 6.07) is 1.72. The number of nitrogens with zero attached hydrogens (tertiary/aromatic N) is 4. The molecule has 0 saturated carbocycles. The van der Waals surface area contributed by atoms with Crippen LogP contribution in [0.25, 0.3) is 11.6 Å². The lowest BCUT2D eigenvalue weighted by molar-refractivity contribution is 0.164. The standard InChI is InChI=1S/C10H10N4O2S/c15-7-5-17-4-6(7)10-13-9(14-16-10)8-11-2-1-3-12-8/h1-3,6-7,15H,4-5H2. The van der Waals surface area contributed by atoms with E-state index in [1.165, 1.54) is 0 Å². The monoisotopic (exact) mass is 250 g/mol. The minimum Gasteiger partial charge on any atom is -0.391 e. The van der Waals surface area contributed by atoms with E-state index in [4.69, 9.17) is 4.52 Å². The Morgan fingerprint density at radius 3 is 2.76 bits per heavy atom. The molecule has 7 heteroatoms. The van der Waals surface area contributed by atoms with E-state index in [0.29, 0.717) is 23.3 Å². The number of aliphatic hydroxyl groups excluding tert-OH is 1. The third kappa shape index (κ3) is 2.03. The van der Waals surface area contributed by atoms with Crippen molar-refractivity contribution in [2.24, 2.45) is 0 Å². The van der Waals surface area contributed by atoms with Gasteiger partial charge in [-0.1, -0.05) is 5.16 Å². The highest BCUT2D eigenvalue weighted by atomic mass is 32.2. The molecule has 1 N–H and O–H groups in total. The van der Waals surface area contributed by atoms with Gasteiger partial charge < -0.3 is 9.63 Å². The predicted octanol–water partition coefficient (Wildman–Crippen LogP) is 0.718. The van der Waals surface area contributed by atoms with Gasteiger partial charge in [-0.25, -0.2) is 9.97 Å². The number of hydrogen-bond acceptors (Lipinski definition) is 7. The van der Waals surface area contributed by atoms with Crippen LogP contribution in [-0.4, -0.2) is 42.8 Å². The molecule has 0 aliphatic carbocycles. The van der Waals surface area contributed by atoms with Gasteiger partial charge >= 0.3 is 0 Å². The van der Waals surface area contributed by atoms with Crippen LogP contribution in [-0.2, 0) is 0 Å². The van der Waals surface area contributed by atoms with E-state index < -0.39 is 6.10 Å². The Balaban J connectivity index is 1.88. The summed E-state index contributed by atoms with van der Waals surface area (Å²) in [5, 5.41) is 13.6. The maximum absolute atomic E-state index is 9.74. The third-order valence-corrected chi connectivity index (χ3v) is 3.75. The first-order chi connectivity index (χ1) is 8.34. The largest absolute Gasteiger partial charge is 0.391 e. The van der Waals surface area contributed by atoms with Crippen LogP contribution in [0.1, 0.15) is 11.8 Å². The Morgan fingerprint density at radius 2 is 2.06 bits per heavy atom. The Labute approximate surface area is 101 Å². The fraction of sp³-hybridized carbons (Fsp3) is 0.400. The highest BCUT2D eigenvalue weighted by molar-refractivity contribution is 7.99. The molecule has 3 heterocycles. The van der Waals surface area contributed by atoms with Crippen molar-refractivity contribution < 1.29 is 9.63 Å². The molecule has 0 amide bonds. The van der Waals surface area contributed by atoms with Crippen LogP contribution >= 0.6 is 11.8 Å². The van der Waals surface area contributed by atoms with Gasteiger partial charge in [0.05, 0.1) is 12.0 Å². The Kier molecular flexibility index (Phi) is 2.77. The molecule has 88 valence electrons. The molecule has 2 aromatic rings. The molecule has 3 rings (SSSR count). The number of aromatic nitrogens is 4. The second-order valence-electron chi connectivity index (χ2n) is 3.74. The lowest BCUT2D eigenvalue weighted by atomic mass is 10.1. The van der Waals surface area contributed by atoms with Crippen molar-refractivity contribution in [2.45, 2.75) is 12.0 Å². The summed E-state index contributed by atoms with van der Waals surface area (Å²) in [5.41, 5.74) is 0. The van der Waals surface area contributed by atoms with E-state index >= 15 is 0 Å². The van der Waals surface area contributed by atoms with Crippen LogP contribution in [0.3, 0.4) is 0 Å². The van der Waals surface area contributed by atoms with Gasteiger partial charge in [0.1, 0.15) is 0 Å². The highest BCUT2D eigenvalue weighted by Gasteiger charge is 2.32. The first-order valence-corrected chi connectivity index (χ1v) is 6.37. The maximum Gasteiger partial charge on any atom is 0.240 e. The van der Waals surface area contributed by atoms with Crippen LogP contribution in [0.5, 0.6) is 0 Å². The zero-order chi connectivity index (χ0) is 11.7. The minimum atomic E-state index is -0.412. The van der Waals surface area contributed by atoms with Crippen molar-refractivity contribution in [1.82, 2.24) is 20.1 Å². The summed E-state index contributed by atoms with van der Waals surface area (Å²) in [4.78, 5) is 12.3. The fourth-order valence-corrected chi connectivity index (χ4v) is 2.90. The molecule has 0 spiro atoms. The molecule has 0 bridgehead atoms. The van der Waals surface area contributed by atoms with Gasteiger partial charge in [0.15, 0.2) is 0 Å². The van der Waals surface area contributed by atoms with Crippen LogP contribution in [0.4, 0.5) is 0 Å². The molecular formula is C10H10N4O2S. The second kappa shape index (κ2) is 4.42. The third-order valence-electron chi connectivity index (χ3n) is 2.58. The average Bonchev–Trinajstić information content (AvgIpc) is 2.98. The molecule has 17 heavy (non-hydrogen) atoms. The van der Waals surface area contributed by atoms with Crippen molar-refractivity contribution in [2.75, 3.05) is 11.5 Å². The van der Waals surface area contributed by atoms with Crippen molar-refractivity contribution in [3.05, 3.63) is 24.4 Å². The van der Waals surface area contributed by atoms with E-state index in [0.717, 1.165) is 5.75 Å². The van der Waals surface area contributed by atoms with Gasteiger partial charge in [-0.3, -0.25) is 0 Å². The smallest absolute Gasteiger partial charge is 0.240 e. The van der Waals surface area contributed by atoms with E-state index in [2.05, 4.69) is 20.1 Å². The van der Waals surface area contributed by atoms with Gasteiger partial charge in [0, 0.05) is 23.9 Å². The van der Waals surface area contributed by atoms with Crippen LogP contribution < -0.4 is 0 Å². The summed E-state index contributed by atoms with van der Waals surface area (Å²) in [6.45, 7) is 0. The highest BCUT2D eigenvalue weighted by Crippen LogP contribution is 2.32. The zero-order valence-electron chi connectivity index (χ0n) is 8.85. The van der Waals surface area contributed by atoms with E-state index in [1.54, 1.807) is 30.2 Å². The van der Waals surface area contributed by atoms with Gasteiger partial charge in [-0.15, -0.1) is 0 Å². The molecule has 2 atom stereocenters. The van der Waals surface area contributed by atoms with Gasteiger partial charge in [0.2, 0.25) is 17.5 Å². The lowest BCUT2D eigenvalue weighted by Gasteiger charge is -2.06. The molecule has 1 saturated heterocycles. The Bertz CT molecular complexity index is 504. The van der Waals surface area contributed by atoms with Crippen LogP contribution in [0, 0.1) is 0 Å². The normalized spacial score (nSPS) is 24.1. The van der Waals surface area contributed by atoms with Crippen molar-refractivity contribution in [3.63, 3.8) is 0 Å². The van der Waals surface area contributed by atoms with Gasteiger partial charge in [-0.2, -0.15) is 16.7 Å². The molecule has 0 aromatic carbocycles. The molecule has 2 aromatic heterocycles. The minimum absolute atomic E-state index is 0.0787. The van der Waals surface area contributed by atoms with E-state index in [-0.39, 0.29) is 5.92 Å². The summed E-state index contributed by atoms with van der Waals surface area (Å²) in [6.07, 6.45) is 2.84. The van der Waals surface area contributed by atoms with Crippen LogP contribution in [0.15, 0.2) is 23.0 Å². The van der Waals surface area contributed by atoms with E-state index in [1.807, 2.05) is 0 Å². The fourth-order valence-electron chi connectivity index (χ4n) is 1.67. The van der Waals surface area contributed by atoms with Crippen molar-refractivity contribution in [1.29, 1.82) is 0 Å². The predicted molar refractivity (Wildman–Crippen MR) is 61.4 cm³/mol. The quantitative estimate of drug-likeness (QED) is 0.840. The summed E-state index contributed by atoms with van der Waals surface area (Å²) >= 11 is 1.68. The molecule has 0 radical (unpaired) electrons. The summed E-state index contributed by atoms with van der Waals surface area (Å²) in [5.74, 6) is 2.70. The number of aliphatic hydroxyl groups is 1. The van der Waals surface area contributed by atoms with Gasteiger partial charge in [0.25, 0.3) is 0 Å². The number of hydrogen-bond donors (Lipinski definition) is 1. The molecule has 1 fully saturated rings. The van der Waals surface area contributed by atoms with Gasteiger partial charge in [-0.05, 0) is 6.07 Å². The number of thioether (sulfide) groups is 1. The lowest BCUT2D eigenvalue weighted by Crippen LogP contribution is -2.15. The Hall–Kier alpha value is -1.47. The van der Waals surface area contributed by atoms with Crippen molar-refractivity contribution >= 4 is 11.8 Å². The molecular weight excluding hydrogens is 240 g/mol. The number of rotatable bonds is 2. The topological polar surface area (TPSA) is 84.9 Å². The maximum atomic E-state index is 9.74. The average molecular weight is 250 g/mol. The Morgan fingerprint density at radius 1 is 1.24 bits per heavy atom. The summed E-state index contributed by atoms with van der Waals surface area (Å²) in [7, 11) is 0. The second-order valence-corrected chi connectivity index (χ2v) is 4.81. The van der Waals surface area contributed by atoms with E-state index in [9.17, 15) is 5.11 Å². The summed E-state index contributed by atoms with van der Waals surface area (Å²) < 4.78 is 5.16. The molecule has 6 nitrogen and oxygen atoms in total. The van der Waals surface area contributed by atoms with Crippen LogP contribution in [0.2, 0.25) is 0 Å². The first kappa shape index (κ1) is 10.7.